The van der Waals surface area contributed by atoms with Gasteiger partial charge in [0.15, 0.2) is 11.5 Å². The number of aromatic nitrogens is 3. The van der Waals surface area contributed by atoms with E-state index in [-0.39, 0.29) is 0 Å². The quantitative estimate of drug-likeness (QED) is 0.932. The van der Waals surface area contributed by atoms with E-state index in [1.807, 2.05) is 0 Å². The molecule has 0 spiro atoms. The van der Waals surface area contributed by atoms with E-state index in [1.165, 1.54) is 16.9 Å². The minimum absolute atomic E-state index is 0.350. The topological polar surface area (TPSA) is 42.2 Å². The van der Waals surface area contributed by atoms with E-state index in [2.05, 4.69) is 22.3 Å². The van der Waals surface area contributed by atoms with Gasteiger partial charge in [0, 0.05) is 25.0 Å². The van der Waals surface area contributed by atoms with E-state index in [0.717, 1.165) is 19.0 Å². The Labute approximate surface area is 107 Å². The zero-order valence-corrected chi connectivity index (χ0v) is 10.3. The summed E-state index contributed by atoms with van der Waals surface area (Å²) in [6.07, 6.45) is -0.425. The fraction of sp³-hybridized carbons (Fsp3) is 0.500. The van der Waals surface area contributed by atoms with Crippen LogP contribution in [-0.2, 0) is 6.18 Å². The summed E-state index contributed by atoms with van der Waals surface area (Å²) in [5.41, 5.74) is -0.550. The van der Waals surface area contributed by atoms with Crippen molar-refractivity contribution < 1.29 is 13.2 Å². The molecule has 2 atom stereocenters. The molecule has 19 heavy (non-hydrogen) atoms. The first kappa shape index (κ1) is 12.3. The number of nitrogens with zero attached hydrogens (tertiary/aromatic N) is 3. The van der Waals surface area contributed by atoms with E-state index in [0.29, 0.717) is 23.2 Å². The van der Waals surface area contributed by atoms with Gasteiger partial charge in [-0.1, -0.05) is 6.92 Å². The molecule has 2 aromatic heterocycles. The second-order valence-corrected chi connectivity index (χ2v) is 4.99. The lowest BCUT2D eigenvalue weighted by Crippen LogP contribution is -2.07. The van der Waals surface area contributed by atoms with Crippen molar-refractivity contribution in [2.75, 3.05) is 11.9 Å². The Kier molecular flexibility index (Phi) is 2.65. The summed E-state index contributed by atoms with van der Waals surface area (Å²) >= 11 is 0. The third-order valence-electron chi connectivity index (χ3n) is 3.49. The summed E-state index contributed by atoms with van der Waals surface area (Å²) in [4.78, 5) is 4.09. The first-order valence-corrected chi connectivity index (χ1v) is 6.10. The number of anilines is 1. The maximum absolute atomic E-state index is 12.6. The van der Waals surface area contributed by atoms with Crippen molar-refractivity contribution in [3.63, 3.8) is 0 Å². The molecular formula is C12H13F3N4. The minimum atomic E-state index is -4.44. The number of nitrogens with one attached hydrogen (secondary N) is 1. The number of rotatable bonds is 3. The van der Waals surface area contributed by atoms with Gasteiger partial charge in [0.05, 0.1) is 0 Å². The SMILES string of the molecule is CC1CC1CNc1nccn2nc(C(F)(F)F)cc12. The Morgan fingerprint density at radius 2 is 2.21 bits per heavy atom. The normalized spacial score (nSPS) is 22.7. The molecule has 4 nitrogen and oxygen atoms in total. The van der Waals surface area contributed by atoms with Crippen LogP contribution >= 0.6 is 0 Å². The van der Waals surface area contributed by atoms with Crippen LogP contribution in [0.4, 0.5) is 19.0 Å². The first-order valence-electron chi connectivity index (χ1n) is 6.10. The molecule has 1 aliphatic rings. The molecule has 1 aliphatic carbocycles. The molecule has 0 aliphatic heterocycles. The second kappa shape index (κ2) is 4.11. The van der Waals surface area contributed by atoms with Gasteiger partial charge in [0.25, 0.3) is 0 Å². The van der Waals surface area contributed by atoms with Gasteiger partial charge in [-0.25, -0.2) is 9.50 Å². The van der Waals surface area contributed by atoms with Crippen molar-refractivity contribution in [3.05, 3.63) is 24.2 Å². The summed E-state index contributed by atoms with van der Waals surface area (Å²) in [6.45, 7) is 2.89. The summed E-state index contributed by atoms with van der Waals surface area (Å²) in [5, 5.41) is 6.62. The maximum atomic E-state index is 12.6. The third-order valence-corrected chi connectivity index (χ3v) is 3.49. The lowest BCUT2D eigenvalue weighted by atomic mass is 10.3. The number of hydrogen-bond donors (Lipinski definition) is 1. The third kappa shape index (κ3) is 2.36. The van der Waals surface area contributed by atoms with Crippen LogP contribution in [0.1, 0.15) is 19.0 Å². The summed E-state index contributed by atoms with van der Waals surface area (Å²) in [7, 11) is 0. The van der Waals surface area contributed by atoms with E-state index >= 15 is 0 Å². The van der Waals surface area contributed by atoms with Crippen molar-refractivity contribution >= 4 is 11.3 Å². The molecular weight excluding hydrogens is 257 g/mol. The zero-order chi connectivity index (χ0) is 13.6. The fourth-order valence-electron chi connectivity index (χ4n) is 2.11. The molecule has 102 valence electrons. The minimum Gasteiger partial charge on any atom is -0.368 e. The molecule has 1 N–H and O–H groups in total. The van der Waals surface area contributed by atoms with Crippen LogP contribution < -0.4 is 5.32 Å². The standard InChI is InChI=1S/C12H13F3N4/c1-7-4-8(7)6-17-11-9-5-10(12(13,14)15)18-19(9)3-2-16-11/h2-3,5,7-8H,4,6H2,1H3,(H,16,17). The Morgan fingerprint density at radius 3 is 2.84 bits per heavy atom. The molecule has 2 heterocycles. The Morgan fingerprint density at radius 1 is 1.47 bits per heavy atom. The molecule has 0 saturated heterocycles. The van der Waals surface area contributed by atoms with Crippen LogP contribution in [-0.4, -0.2) is 21.1 Å². The molecule has 0 radical (unpaired) electrons. The van der Waals surface area contributed by atoms with Gasteiger partial charge >= 0.3 is 6.18 Å². The number of fused-ring (bicyclic) bond motifs is 1. The predicted molar refractivity (Wildman–Crippen MR) is 63.7 cm³/mol. The van der Waals surface area contributed by atoms with Gasteiger partial charge in [-0.3, -0.25) is 0 Å². The number of halogens is 3. The van der Waals surface area contributed by atoms with Gasteiger partial charge in [0.1, 0.15) is 5.52 Å². The van der Waals surface area contributed by atoms with Crippen molar-refractivity contribution in [1.29, 1.82) is 0 Å². The average Bonchev–Trinajstić information content (AvgIpc) is 2.87. The maximum Gasteiger partial charge on any atom is 0.435 e. The lowest BCUT2D eigenvalue weighted by Gasteiger charge is -2.05. The smallest absolute Gasteiger partial charge is 0.368 e. The van der Waals surface area contributed by atoms with Crippen LogP contribution in [0.3, 0.4) is 0 Å². The van der Waals surface area contributed by atoms with Gasteiger partial charge in [-0.05, 0) is 18.3 Å². The highest BCUT2D eigenvalue weighted by Gasteiger charge is 2.35. The molecule has 2 unspecified atom stereocenters. The number of alkyl halides is 3. The van der Waals surface area contributed by atoms with Crippen LogP contribution in [0.25, 0.3) is 5.52 Å². The zero-order valence-electron chi connectivity index (χ0n) is 10.3. The van der Waals surface area contributed by atoms with Gasteiger partial charge in [-0.15, -0.1) is 0 Å². The first-order chi connectivity index (χ1) is 8.95. The van der Waals surface area contributed by atoms with Crippen molar-refractivity contribution in [2.45, 2.75) is 19.5 Å². The summed E-state index contributed by atoms with van der Waals surface area (Å²) < 4.78 is 39.1. The molecule has 7 heteroatoms. The van der Waals surface area contributed by atoms with Crippen LogP contribution in [0, 0.1) is 11.8 Å². The highest BCUT2D eigenvalue weighted by atomic mass is 19.4. The lowest BCUT2D eigenvalue weighted by molar-refractivity contribution is -0.141. The summed E-state index contributed by atoms with van der Waals surface area (Å²) in [6, 6.07) is 1.02. The van der Waals surface area contributed by atoms with E-state index in [4.69, 9.17) is 0 Å². The largest absolute Gasteiger partial charge is 0.435 e. The Hall–Kier alpha value is -1.79. The van der Waals surface area contributed by atoms with E-state index in [1.54, 1.807) is 0 Å². The molecule has 0 bridgehead atoms. The Balaban J connectivity index is 1.89. The van der Waals surface area contributed by atoms with Gasteiger partial charge in [-0.2, -0.15) is 18.3 Å². The molecule has 0 aromatic carbocycles. The van der Waals surface area contributed by atoms with Crippen LogP contribution in [0.5, 0.6) is 0 Å². The number of hydrogen-bond acceptors (Lipinski definition) is 3. The highest BCUT2D eigenvalue weighted by molar-refractivity contribution is 5.67. The second-order valence-electron chi connectivity index (χ2n) is 4.99. The van der Waals surface area contributed by atoms with Crippen LogP contribution in [0.2, 0.25) is 0 Å². The molecule has 1 saturated carbocycles. The van der Waals surface area contributed by atoms with E-state index in [9.17, 15) is 13.2 Å². The van der Waals surface area contributed by atoms with E-state index < -0.39 is 11.9 Å². The Bertz CT molecular complexity index is 605. The highest BCUT2D eigenvalue weighted by Crippen LogP contribution is 2.37. The van der Waals surface area contributed by atoms with Gasteiger partial charge in [0.2, 0.25) is 0 Å². The predicted octanol–water partition coefficient (Wildman–Crippen LogP) is 2.82. The van der Waals surface area contributed by atoms with Crippen molar-refractivity contribution in [1.82, 2.24) is 14.6 Å². The van der Waals surface area contributed by atoms with Crippen LogP contribution in [0.15, 0.2) is 18.5 Å². The molecule has 2 aromatic rings. The van der Waals surface area contributed by atoms with Gasteiger partial charge < -0.3 is 5.32 Å². The molecule has 0 amide bonds. The van der Waals surface area contributed by atoms with Crippen molar-refractivity contribution in [3.8, 4) is 0 Å². The molecule has 1 fully saturated rings. The molecule has 3 rings (SSSR count). The summed E-state index contributed by atoms with van der Waals surface area (Å²) in [5.74, 6) is 1.72. The average molecular weight is 270 g/mol. The monoisotopic (exact) mass is 270 g/mol. The fourth-order valence-corrected chi connectivity index (χ4v) is 2.11. The van der Waals surface area contributed by atoms with Crippen molar-refractivity contribution in [2.24, 2.45) is 11.8 Å².